The first-order valence-electron chi connectivity index (χ1n) is 24.5. The van der Waals surface area contributed by atoms with E-state index in [1.807, 2.05) is 11.8 Å². The second-order valence-corrected chi connectivity index (χ2v) is 20.6. The van der Waals surface area contributed by atoms with Crippen LogP contribution in [0.15, 0.2) is 231 Å². The zero-order valence-corrected chi connectivity index (χ0v) is 38.0. The van der Waals surface area contributed by atoms with Gasteiger partial charge >= 0.3 is 0 Å². The minimum absolute atomic E-state index is 0.204. The molecule has 9 aliphatic rings. The summed E-state index contributed by atoms with van der Waals surface area (Å²) in [6.07, 6.45) is 51.6. The van der Waals surface area contributed by atoms with Crippen molar-refractivity contribution in [2.75, 3.05) is 0 Å². The van der Waals surface area contributed by atoms with Crippen molar-refractivity contribution in [2.24, 2.45) is 17.8 Å². The Morgan fingerprint density at radius 3 is 1.92 bits per heavy atom. The minimum atomic E-state index is -0.328. The van der Waals surface area contributed by atoms with Gasteiger partial charge in [0.1, 0.15) is 0 Å². The maximum atomic E-state index is 5.67. The highest BCUT2D eigenvalue weighted by Gasteiger charge is 2.56. The lowest BCUT2D eigenvalue weighted by molar-refractivity contribution is 0.442. The molecule has 0 saturated heterocycles. The van der Waals surface area contributed by atoms with Crippen LogP contribution in [0.5, 0.6) is 0 Å². The van der Waals surface area contributed by atoms with Crippen LogP contribution >= 0.6 is 11.8 Å². The van der Waals surface area contributed by atoms with Crippen LogP contribution in [0.1, 0.15) is 90.8 Å². The number of fused-ring (bicyclic) bond motifs is 15. The molecule has 0 radical (unpaired) electrons. The summed E-state index contributed by atoms with van der Waals surface area (Å²) in [5, 5.41) is 3.94. The van der Waals surface area contributed by atoms with Gasteiger partial charge in [0.15, 0.2) is 0 Å². The van der Waals surface area contributed by atoms with Gasteiger partial charge in [0.05, 0.1) is 16.6 Å². The van der Waals surface area contributed by atoms with Crippen molar-refractivity contribution in [1.82, 2.24) is 4.98 Å². The third-order valence-electron chi connectivity index (χ3n) is 16.4. The van der Waals surface area contributed by atoms with E-state index < -0.39 is 0 Å². The number of hydrogen-bond acceptors (Lipinski definition) is 2. The standard InChI is InChI=1S/C64H51NS/c1-3-17-40(18-4-1)41-31-33-42(34-32-41)59-45-21-7-9-23-47(45)60(48-24-10-8-22-46(48)59)44-35-38-56-51(39-44)61-50(63(65-56)43-19-5-2-6-20-43)36-37-55-62(61)49-25-11-12-26-52(49)64(55)53-27-13-15-29-57(53)66-58-30-16-14-28-54(58)64/h1-3,5,7,9-17,19,21,23-31,33,35-39,45,47,49,52H,4,6,8,18,20,22,32,34H2. The molecule has 1 spiro atoms. The van der Waals surface area contributed by atoms with Gasteiger partial charge in [-0.05, 0) is 153 Å². The lowest BCUT2D eigenvalue weighted by atomic mass is 9.63. The summed E-state index contributed by atoms with van der Waals surface area (Å²) in [4.78, 5) is 8.40. The van der Waals surface area contributed by atoms with Gasteiger partial charge in [0.25, 0.3) is 0 Å². The Morgan fingerprint density at radius 1 is 0.515 bits per heavy atom. The predicted octanol–water partition coefficient (Wildman–Crippen LogP) is 16.5. The Morgan fingerprint density at radius 2 is 1.18 bits per heavy atom. The van der Waals surface area contributed by atoms with Crippen molar-refractivity contribution in [3.63, 3.8) is 0 Å². The number of benzene rings is 4. The Labute approximate surface area is 392 Å². The molecular weight excluding hydrogens is 815 g/mol. The van der Waals surface area contributed by atoms with Crippen LogP contribution in [0.4, 0.5) is 0 Å². The fraction of sp³-hybridized carbons (Fsp3) is 0.203. The van der Waals surface area contributed by atoms with Crippen molar-refractivity contribution in [1.29, 1.82) is 0 Å². The average Bonchev–Trinajstić information content (AvgIpc) is 3.68. The van der Waals surface area contributed by atoms with E-state index in [-0.39, 0.29) is 23.2 Å². The molecule has 14 rings (SSSR count). The molecule has 5 aromatic rings. The van der Waals surface area contributed by atoms with Crippen LogP contribution in [0, 0.1) is 17.8 Å². The molecule has 1 aromatic heterocycles. The minimum Gasteiger partial charge on any atom is -0.247 e. The molecule has 1 nitrogen and oxygen atoms in total. The predicted molar refractivity (Wildman–Crippen MR) is 276 cm³/mol. The summed E-state index contributed by atoms with van der Waals surface area (Å²) >= 11 is 1.93. The highest BCUT2D eigenvalue weighted by atomic mass is 32.2. The van der Waals surface area contributed by atoms with Gasteiger partial charge < -0.3 is 0 Å². The summed E-state index contributed by atoms with van der Waals surface area (Å²) in [6.45, 7) is 0. The van der Waals surface area contributed by atoms with Gasteiger partial charge in [-0.1, -0.05) is 176 Å². The molecule has 8 aliphatic carbocycles. The third-order valence-corrected chi connectivity index (χ3v) is 17.5. The molecule has 0 fully saturated rings. The molecule has 2 heterocycles. The number of hydrogen-bond donors (Lipinski definition) is 0. The first-order valence-corrected chi connectivity index (χ1v) is 25.3. The average molecular weight is 866 g/mol. The molecule has 66 heavy (non-hydrogen) atoms. The van der Waals surface area contributed by atoms with Crippen molar-refractivity contribution in [2.45, 2.75) is 72.5 Å². The number of allylic oxidation sites excluding steroid dienone is 26. The monoisotopic (exact) mass is 865 g/mol. The molecule has 0 N–H and O–H groups in total. The zero-order valence-electron chi connectivity index (χ0n) is 37.2. The van der Waals surface area contributed by atoms with Crippen LogP contribution in [0.25, 0.3) is 32.8 Å². The van der Waals surface area contributed by atoms with E-state index in [0.29, 0.717) is 5.92 Å². The lowest BCUT2D eigenvalue weighted by Crippen LogP contribution is -2.37. The molecule has 0 bridgehead atoms. The highest BCUT2D eigenvalue weighted by molar-refractivity contribution is 7.99. The SMILES string of the molecule is C1=CCCC(C2=CC=C(C3=C4CCC=CC4=C(c4ccc5nc(C6=CC=CCC6)c6ccc7c(c6c5c4)C4C=CC=CC4C74c5ccccc5Sc5ccccc54)C4C=CC=CC34)CC2)=C1. The van der Waals surface area contributed by atoms with E-state index in [9.17, 15) is 0 Å². The summed E-state index contributed by atoms with van der Waals surface area (Å²) in [7, 11) is 0. The molecule has 4 atom stereocenters. The van der Waals surface area contributed by atoms with Gasteiger partial charge in [-0.3, -0.25) is 0 Å². The van der Waals surface area contributed by atoms with E-state index in [1.165, 1.54) is 87.2 Å². The Bertz CT molecular complexity index is 3360. The maximum absolute atomic E-state index is 5.67. The number of pyridine rings is 1. The summed E-state index contributed by atoms with van der Waals surface area (Å²) in [5.41, 5.74) is 21.0. The molecular formula is C64H51NS. The van der Waals surface area contributed by atoms with Crippen molar-refractivity contribution in [3.05, 3.63) is 255 Å². The second-order valence-electron chi connectivity index (χ2n) is 19.5. The number of aromatic nitrogens is 1. The Hall–Kier alpha value is -6.48. The summed E-state index contributed by atoms with van der Waals surface area (Å²) in [5.74, 6) is 0.990. The van der Waals surface area contributed by atoms with Crippen molar-refractivity contribution >= 4 is 44.6 Å². The molecule has 1 aliphatic heterocycles. The quantitative estimate of drug-likeness (QED) is 0.167. The van der Waals surface area contributed by atoms with Crippen molar-refractivity contribution in [3.8, 4) is 0 Å². The maximum Gasteiger partial charge on any atom is 0.0747 e. The zero-order chi connectivity index (χ0) is 43.3. The fourth-order valence-electron chi connectivity index (χ4n) is 13.7. The van der Waals surface area contributed by atoms with Crippen LogP contribution in [-0.4, -0.2) is 4.98 Å². The van der Waals surface area contributed by atoms with Crippen LogP contribution in [0.2, 0.25) is 0 Å². The van der Waals surface area contributed by atoms with Crippen LogP contribution in [0.3, 0.4) is 0 Å². The van der Waals surface area contributed by atoms with E-state index in [2.05, 4.69) is 188 Å². The van der Waals surface area contributed by atoms with E-state index in [4.69, 9.17) is 4.98 Å². The van der Waals surface area contributed by atoms with Gasteiger partial charge in [0.2, 0.25) is 0 Å². The molecule has 318 valence electrons. The van der Waals surface area contributed by atoms with Crippen molar-refractivity contribution < 1.29 is 0 Å². The van der Waals surface area contributed by atoms with Gasteiger partial charge in [-0.25, -0.2) is 4.98 Å². The molecule has 2 heteroatoms. The van der Waals surface area contributed by atoms with E-state index >= 15 is 0 Å². The van der Waals surface area contributed by atoms with Gasteiger partial charge in [-0.15, -0.1) is 0 Å². The van der Waals surface area contributed by atoms with Gasteiger partial charge in [0, 0.05) is 44.2 Å². The molecule has 4 unspecified atom stereocenters. The first kappa shape index (κ1) is 38.8. The molecule has 4 aromatic carbocycles. The fourth-order valence-corrected chi connectivity index (χ4v) is 14.9. The highest BCUT2D eigenvalue weighted by Crippen LogP contribution is 2.66. The largest absolute Gasteiger partial charge is 0.247 e. The van der Waals surface area contributed by atoms with Gasteiger partial charge in [-0.2, -0.15) is 0 Å². The number of rotatable bonds is 4. The number of nitrogens with zero attached hydrogens (tertiary/aromatic N) is 1. The van der Waals surface area contributed by atoms with Crippen LogP contribution < -0.4 is 0 Å². The van der Waals surface area contributed by atoms with Crippen LogP contribution in [-0.2, 0) is 5.41 Å². The summed E-state index contributed by atoms with van der Waals surface area (Å²) < 4.78 is 0. The lowest BCUT2D eigenvalue weighted by Gasteiger charge is -2.43. The first-order chi connectivity index (χ1) is 32.8. The topological polar surface area (TPSA) is 12.9 Å². The molecule has 0 amide bonds. The second kappa shape index (κ2) is 15.3. The summed E-state index contributed by atoms with van der Waals surface area (Å²) in [6, 6.07) is 30.9. The smallest absolute Gasteiger partial charge is 0.0747 e. The van der Waals surface area contributed by atoms with E-state index in [1.54, 1.807) is 11.1 Å². The normalized spacial score (nSPS) is 25.0. The van der Waals surface area contributed by atoms with E-state index in [0.717, 1.165) is 62.6 Å². The third kappa shape index (κ3) is 5.64. The molecule has 0 saturated carbocycles. The Kier molecular flexibility index (Phi) is 8.98. The Balaban J connectivity index is 1.03.